The number of hydrogen-bond donors (Lipinski definition) is 0. The fourth-order valence-electron chi connectivity index (χ4n) is 2.32. The van der Waals surface area contributed by atoms with Crippen LogP contribution in [0.25, 0.3) is 0 Å². The number of imidazole rings is 1. The maximum absolute atomic E-state index is 4.92. The highest BCUT2D eigenvalue weighted by Crippen LogP contribution is 2.34. The van der Waals surface area contributed by atoms with Crippen molar-refractivity contribution in [2.75, 3.05) is 14.1 Å². The van der Waals surface area contributed by atoms with Crippen LogP contribution in [0.2, 0.25) is 0 Å². The van der Waals surface area contributed by atoms with E-state index in [1.807, 2.05) is 11.8 Å². The first-order valence-electron chi connectivity index (χ1n) is 7.49. The molecule has 0 aliphatic rings. The Bertz CT molecular complexity index is 573. The third-order valence-corrected chi connectivity index (χ3v) is 4.43. The highest BCUT2D eigenvalue weighted by Gasteiger charge is 2.19. The smallest absolute Gasteiger partial charge is 0.124 e. The average Bonchev–Trinajstić information content (AvgIpc) is 2.77. The van der Waals surface area contributed by atoms with Gasteiger partial charge in [-0.15, -0.1) is 0 Å². The fourth-order valence-corrected chi connectivity index (χ4v) is 3.56. The van der Waals surface area contributed by atoms with Crippen molar-refractivity contribution < 1.29 is 0 Å². The van der Waals surface area contributed by atoms with Gasteiger partial charge in [-0.25, -0.2) is 4.98 Å². The van der Waals surface area contributed by atoms with E-state index in [1.165, 1.54) is 15.6 Å². The quantitative estimate of drug-likeness (QED) is 0.796. The van der Waals surface area contributed by atoms with Crippen molar-refractivity contribution in [2.24, 2.45) is 0 Å². The lowest BCUT2D eigenvalue weighted by molar-refractivity contribution is 0.379. The third kappa shape index (κ3) is 3.89. The maximum Gasteiger partial charge on any atom is 0.124 e. The topological polar surface area (TPSA) is 21.1 Å². The molecular formula is C17H25N3S. The number of benzene rings is 1. The standard InChI is InChI=1S/C17H25N3S/c1-6-20-15(12-19(4)5)18-16(13(2)3)17(20)21-14-10-8-7-9-11-14/h7-11,13H,6,12H2,1-5H3. The predicted octanol–water partition coefficient (Wildman–Crippen LogP) is 4.24. The van der Waals surface area contributed by atoms with Crippen molar-refractivity contribution in [3.05, 3.63) is 41.9 Å². The van der Waals surface area contributed by atoms with Gasteiger partial charge in [0.2, 0.25) is 0 Å². The monoisotopic (exact) mass is 303 g/mol. The Hall–Kier alpha value is -1.26. The summed E-state index contributed by atoms with van der Waals surface area (Å²) in [5.41, 5.74) is 1.21. The van der Waals surface area contributed by atoms with Crippen molar-refractivity contribution in [1.29, 1.82) is 0 Å². The Balaban J connectivity index is 2.43. The number of rotatable bonds is 6. The van der Waals surface area contributed by atoms with Crippen molar-refractivity contribution >= 4 is 11.8 Å². The van der Waals surface area contributed by atoms with Gasteiger partial charge >= 0.3 is 0 Å². The van der Waals surface area contributed by atoms with E-state index in [0.717, 1.165) is 18.9 Å². The molecule has 0 radical (unpaired) electrons. The van der Waals surface area contributed by atoms with Crippen LogP contribution in [0.15, 0.2) is 40.3 Å². The summed E-state index contributed by atoms with van der Waals surface area (Å²) in [6, 6.07) is 10.6. The summed E-state index contributed by atoms with van der Waals surface area (Å²) in [7, 11) is 4.18. The first-order chi connectivity index (χ1) is 10.0. The van der Waals surface area contributed by atoms with Crippen molar-refractivity contribution in [3.63, 3.8) is 0 Å². The highest BCUT2D eigenvalue weighted by molar-refractivity contribution is 7.99. The normalized spacial score (nSPS) is 11.6. The van der Waals surface area contributed by atoms with E-state index < -0.39 is 0 Å². The molecule has 0 unspecified atom stereocenters. The Morgan fingerprint density at radius 1 is 1.19 bits per heavy atom. The SMILES string of the molecule is CCn1c(CN(C)C)nc(C(C)C)c1Sc1ccccc1. The van der Waals surface area contributed by atoms with Crippen LogP contribution in [0.1, 0.15) is 38.2 Å². The van der Waals surface area contributed by atoms with Gasteiger partial charge in [0.15, 0.2) is 0 Å². The number of nitrogens with zero attached hydrogens (tertiary/aromatic N) is 3. The molecule has 3 nitrogen and oxygen atoms in total. The largest absolute Gasteiger partial charge is 0.322 e. The van der Waals surface area contributed by atoms with Crippen LogP contribution in [-0.4, -0.2) is 28.5 Å². The third-order valence-electron chi connectivity index (χ3n) is 3.30. The zero-order valence-corrected chi connectivity index (χ0v) is 14.4. The maximum atomic E-state index is 4.92. The van der Waals surface area contributed by atoms with Crippen molar-refractivity contribution in [1.82, 2.24) is 14.5 Å². The zero-order chi connectivity index (χ0) is 15.4. The van der Waals surface area contributed by atoms with Crippen LogP contribution in [0.3, 0.4) is 0 Å². The van der Waals surface area contributed by atoms with E-state index in [9.17, 15) is 0 Å². The molecule has 0 fully saturated rings. The molecule has 2 aromatic rings. The second-order valence-electron chi connectivity index (χ2n) is 5.77. The Morgan fingerprint density at radius 3 is 2.38 bits per heavy atom. The van der Waals surface area contributed by atoms with Crippen molar-refractivity contribution in [3.8, 4) is 0 Å². The summed E-state index contributed by atoms with van der Waals surface area (Å²) in [6.07, 6.45) is 0. The van der Waals surface area contributed by atoms with Gasteiger partial charge in [-0.1, -0.05) is 43.8 Å². The molecule has 0 bridgehead atoms. The minimum Gasteiger partial charge on any atom is -0.322 e. The second-order valence-corrected chi connectivity index (χ2v) is 6.83. The summed E-state index contributed by atoms with van der Waals surface area (Å²) < 4.78 is 2.35. The first-order valence-corrected chi connectivity index (χ1v) is 8.31. The molecule has 1 heterocycles. The van der Waals surface area contributed by atoms with E-state index in [-0.39, 0.29) is 0 Å². The van der Waals surface area contributed by atoms with E-state index in [2.05, 4.69) is 74.7 Å². The van der Waals surface area contributed by atoms with Gasteiger partial charge in [0.05, 0.1) is 12.2 Å². The molecule has 0 atom stereocenters. The Morgan fingerprint density at radius 2 is 1.86 bits per heavy atom. The van der Waals surface area contributed by atoms with E-state index >= 15 is 0 Å². The lowest BCUT2D eigenvalue weighted by Crippen LogP contribution is -2.15. The molecule has 0 saturated carbocycles. The molecule has 0 spiro atoms. The van der Waals surface area contributed by atoms with Crippen LogP contribution in [0, 0.1) is 0 Å². The minimum absolute atomic E-state index is 0.435. The molecule has 114 valence electrons. The van der Waals surface area contributed by atoms with Crippen molar-refractivity contribution in [2.45, 2.75) is 49.7 Å². The van der Waals surface area contributed by atoms with Gasteiger partial charge in [0, 0.05) is 11.4 Å². The molecule has 0 aliphatic carbocycles. The molecule has 4 heteroatoms. The van der Waals surface area contributed by atoms with Gasteiger partial charge < -0.3 is 9.47 Å². The highest BCUT2D eigenvalue weighted by atomic mass is 32.2. The molecule has 0 amide bonds. The van der Waals surface area contributed by atoms with Gasteiger partial charge in [-0.2, -0.15) is 0 Å². The summed E-state index contributed by atoms with van der Waals surface area (Å²) in [6.45, 7) is 8.47. The van der Waals surface area contributed by atoms with Crippen LogP contribution < -0.4 is 0 Å². The van der Waals surface area contributed by atoms with Gasteiger partial charge in [0.1, 0.15) is 10.9 Å². The lowest BCUT2D eigenvalue weighted by atomic mass is 10.1. The van der Waals surface area contributed by atoms with E-state index in [1.54, 1.807) is 0 Å². The van der Waals surface area contributed by atoms with Crippen LogP contribution in [-0.2, 0) is 13.1 Å². The summed E-state index contributed by atoms with van der Waals surface area (Å²) in [5.74, 6) is 1.59. The molecule has 1 aromatic carbocycles. The summed E-state index contributed by atoms with van der Waals surface area (Å²) >= 11 is 1.82. The fraction of sp³-hybridized carbons (Fsp3) is 0.471. The average molecular weight is 303 g/mol. The molecule has 2 rings (SSSR count). The molecular weight excluding hydrogens is 278 g/mol. The van der Waals surface area contributed by atoms with Gasteiger partial charge in [-0.3, -0.25) is 0 Å². The van der Waals surface area contributed by atoms with Gasteiger partial charge in [-0.05, 0) is 39.1 Å². The molecule has 0 aliphatic heterocycles. The zero-order valence-electron chi connectivity index (χ0n) is 13.6. The molecule has 21 heavy (non-hydrogen) atoms. The van der Waals surface area contributed by atoms with Crippen LogP contribution >= 0.6 is 11.8 Å². The number of aromatic nitrogens is 2. The Kier molecular flexibility index (Phi) is 5.48. The summed E-state index contributed by atoms with van der Waals surface area (Å²) in [4.78, 5) is 8.36. The number of hydrogen-bond acceptors (Lipinski definition) is 3. The van der Waals surface area contributed by atoms with Crippen LogP contribution in [0.4, 0.5) is 0 Å². The van der Waals surface area contributed by atoms with E-state index in [0.29, 0.717) is 5.92 Å². The minimum atomic E-state index is 0.435. The summed E-state index contributed by atoms with van der Waals surface area (Å²) in [5, 5.41) is 1.29. The van der Waals surface area contributed by atoms with Gasteiger partial charge in [0.25, 0.3) is 0 Å². The molecule has 0 N–H and O–H groups in total. The molecule has 1 aromatic heterocycles. The molecule has 0 saturated heterocycles. The second kappa shape index (κ2) is 7.14. The van der Waals surface area contributed by atoms with E-state index in [4.69, 9.17) is 4.98 Å². The Labute approximate surface area is 132 Å². The van der Waals surface area contributed by atoms with Crippen LogP contribution in [0.5, 0.6) is 0 Å². The first kappa shape index (κ1) is 16.1. The lowest BCUT2D eigenvalue weighted by Gasteiger charge is -2.13. The predicted molar refractivity (Wildman–Crippen MR) is 89.9 cm³/mol.